The SMILES string of the molecule is CCN(Cc1ccncc1)CC(O)CNC1CC1. The number of aliphatic hydroxyl groups is 1. The fourth-order valence-electron chi connectivity index (χ4n) is 2.00. The number of rotatable bonds is 8. The zero-order valence-electron chi connectivity index (χ0n) is 11.0. The van der Waals surface area contributed by atoms with E-state index in [4.69, 9.17) is 0 Å². The van der Waals surface area contributed by atoms with Gasteiger partial charge in [0.05, 0.1) is 6.10 Å². The first-order valence-electron chi connectivity index (χ1n) is 6.80. The molecule has 4 heteroatoms. The smallest absolute Gasteiger partial charge is 0.0791 e. The highest BCUT2D eigenvalue weighted by Crippen LogP contribution is 2.18. The van der Waals surface area contributed by atoms with Crippen molar-refractivity contribution >= 4 is 0 Å². The van der Waals surface area contributed by atoms with E-state index in [-0.39, 0.29) is 6.10 Å². The summed E-state index contributed by atoms with van der Waals surface area (Å²) in [4.78, 5) is 6.28. The number of pyridine rings is 1. The number of hydrogen-bond donors (Lipinski definition) is 2. The van der Waals surface area contributed by atoms with Gasteiger partial charge in [-0.25, -0.2) is 0 Å². The maximum Gasteiger partial charge on any atom is 0.0791 e. The Balaban J connectivity index is 1.73. The van der Waals surface area contributed by atoms with Gasteiger partial charge in [-0.3, -0.25) is 9.88 Å². The minimum absolute atomic E-state index is 0.285. The van der Waals surface area contributed by atoms with Crippen LogP contribution < -0.4 is 5.32 Å². The fraction of sp³-hybridized carbons (Fsp3) is 0.643. The molecule has 1 saturated carbocycles. The first kappa shape index (κ1) is 13.5. The molecular formula is C14H23N3O. The molecule has 2 rings (SSSR count). The lowest BCUT2D eigenvalue weighted by molar-refractivity contribution is 0.110. The molecule has 2 N–H and O–H groups in total. The zero-order valence-corrected chi connectivity index (χ0v) is 11.0. The van der Waals surface area contributed by atoms with Crippen LogP contribution in [0.3, 0.4) is 0 Å². The third-order valence-corrected chi connectivity index (χ3v) is 3.29. The molecule has 1 aliphatic carbocycles. The largest absolute Gasteiger partial charge is 0.390 e. The van der Waals surface area contributed by atoms with Crippen LogP contribution in [-0.4, -0.2) is 46.8 Å². The van der Waals surface area contributed by atoms with Gasteiger partial charge in [0, 0.05) is 38.1 Å². The molecule has 1 fully saturated rings. The molecule has 1 aromatic heterocycles. The Bertz CT molecular complexity index is 340. The lowest BCUT2D eigenvalue weighted by Crippen LogP contribution is -2.38. The highest BCUT2D eigenvalue weighted by Gasteiger charge is 2.21. The monoisotopic (exact) mass is 249 g/mol. The fourth-order valence-corrected chi connectivity index (χ4v) is 2.00. The van der Waals surface area contributed by atoms with Gasteiger partial charge in [0.1, 0.15) is 0 Å². The van der Waals surface area contributed by atoms with Crippen molar-refractivity contribution in [1.82, 2.24) is 15.2 Å². The standard InChI is InChI=1S/C14H23N3O/c1-2-17(10-12-5-7-15-8-6-12)11-14(18)9-16-13-3-4-13/h5-8,13-14,16,18H,2-4,9-11H2,1H3. The van der Waals surface area contributed by atoms with Crippen LogP contribution in [0.1, 0.15) is 25.3 Å². The average molecular weight is 249 g/mol. The molecule has 1 unspecified atom stereocenters. The molecule has 1 aromatic rings. The van der Waals surface area contributed by atoms with Crippen molar-refractivity contribution < 1.29 is 5.11 Å². The molecule has 0 saturated heterocycles. The normalized spacial score (nSPS) is 17.1. The molecule has 1 atom stereocenters. The quantitative estimate of drug-likeness (QED) is 0.722. The van der Waals surface area contributed by atoms with Crippen molar-refractivity contribution in [3.05, 3.63) is 30.1 Å². The zero-order chi connectivity index (χ0) is 12.8. The predicted octanol–water partition coefficient (Wildman–Crippen LogP) is 1.02. The van der Waals surface area contributed by atoms with Crippen LogP contribution in [-0.2, 0) is 6.54 Å². The van der Waals surface area contributed by atoms with E-state index >= 15 is 0 Å². The van der Waals surface area contributed by atoms with Gasteiger partial charge in [0.25, 0.3) is 0 Å². The third-order valence-electron chi connectivity index (χ3n) is 3.29. The van der Waals surface area contributed by atoms with E-state index in [9.17, 15) is 5.11 Å². The Morgan fingerprint density at radius 3 is 2.78 bits per heavy atom. The Hall–Kier alpha value is -0.970. The maximum atomic E-state index is 9.99. The van der Waals surface area contributed by atoms with Gasteiger partial charge in [-0.15, -0.1) is 0 Å². The first-order chi connectivity index (χ1) is 8.78. The summed E-state index contributed by atoms with van der Waals surface area (Å²) >= 11 is 0. The van der Waals surface area contributed by atoms with E-state index < -0.39 is 0 Å². The average Bonchev–Trinajstić information content (AvgIpc) is 3.21. The molecule has 0 bridgehead atoms. The van der Waals surface area contributed by atoms with E-state index in [0.29, 0.717) is 12.6 Å². The number of aliphatic hydroxyl groups excluding tert-OH is 1. The summed E-state index contributed by atoms with van der Waals surface area (Å²) in [6.45, 7) is 5.38. The second-order valence-corrected chi connectivity index (χ2v) is 5.02. The van der Waals surface area contributed by atoms with E-state index in [1.54, 1.807) is 0 Å². The van der Waals surface area contributed by atoms with Crippen LogP contribution in [0, 0.1) is 0 Å². The summed E-state index contributed by atoms with van der Waals surface area (Å²) in [5.74, 6) is 0. The van der Waals surface area contributed by atoms with Crippen molar-refractivity contribution in [3.63, 3.8) is 0 Å². The van der Waals surface area contributed by atoms with Crippen molar-refractivity contribution in [2.24, 2.45) is 0 Å². The molecule has 0 aliphatic heterocycles. The van der Waals surface area contributed by atoms with Gasteiger partial charge in [-0.05, 0) is 37.1 Å². The van der Waals surface area contributed by atoms with Crippen LogP contribution in [0.2, 0.25) is 0 Å². The summed E-state index contributed by atoms with van der Waals surface area (Å²) in [5, 5.41) is 13.4. The van der Waals surface area contributed by atoms with Crippen molar-refractivity contribution in [2.45, 2.75) is 38.5 Å². The lowest BCUT2D eigenvalue weighted by Gasteiger charge is -2.23. The lowest BCUT2D eigenvalue weighted by atomic mass is 10.2. The molecular weight excluding hydrogens is 226 g/mol. The molecule has 1 heterocycles. The van der Waals surface area contributed by atoms with E-state index in [1.807, 2.05) is 24.5 Å². The molecule has 18 heavy (non-hydrogen) atoms. The maximum absolute atomic E-state index is 9.99. The van der Waals surface area contributed by atoms with Crippen LogP contribution in [0.25, 0.3) is 0 Å². The minimum atomic E-state index is -0.285. The minimum Gasteiger partial charge on any atom is -0.390 e. The summed E-state index contributed by atoms with van der Waals surface area (Å²) < 4.78 is 0. The van der Waals surface area contributed by atoms with Crippen LogP contribution >= 0.6 is 0 Å². The van der Waals surface area contributed by atoms with Crippen molar-refractivity contribution in [3.8, 4) is 0 Å². The van der Waals surface area contributed by atoms with Crippen molar-refractivity contribution in [2.75, 3.05) is 19.6 Å². The van der Waals surface area contributed by atoms with Gasteiger partial charge in [-0.1, -0.05) is 6.92 Å². The summed E-state index contributed by atoms with van der Waals surface area (Å²) in [7, 11) is 0. The van der Waals surface area contributed by atoms with Gasteiger partial charge < -0.3 is 10.4 Å². The second-order valence-electron chi connectivity index (χ2n) is 5.02. The number of nitrogens with one attached hydrogen (secondary N) is 1. The van der Waals surface area contributed by atoms with Crippen LogP contribution in [0.15, 0.2) is 24.5 Å². The molecule has 1 aliphatic rings. The Labute approximate surface area is 109 Å². The van der Waals surface area contributed by atoms with Crippen LogP contribution in [0.4, 0.5) is 0 Å². The summed E-state index contributed by atoms with van der Waals surface area (Å²) in [5.41, 5.74) is 1.24. The predicted molar refractivity (Wildman–Crippen MR) is 72.2 cm³/mol. The van der Waals surface area contributed by atoms with Gasteiger partial charge in [-0.2, -0.15) is 0 Å². The van der Waals surface area contributed by atoms with E-state index in [0.717, 1.165) is 19.6 Å². The molecule has 0 radical (unpaired) electrons. The van der Waals surface area contributed by atoms with Gasteiger partial charge in [0.15, 0.2) is 0 Å². The Kier molecular flexibility index (Phi) is 5.11. The number of hydrogen-bond acceptors (Lipinski definition) is 4. The van der Waals surface area contributed by atoms with Crippen LogP contribution in [0.5, 0.6) is 0 Å². The Morgan fingerprint density at radius 2 is 2.17 bits per heavy atom. The first-order valence-corrected chi connectivity index (χ1v) is 6.80. The van der Waals surface area contributed by atoms with E-state index in [2.05, 4.69) is 22.1 Å². The number of likely N-dealkylation sites (N-methyl/N-ethyl adjacent to an activating group) is 1. The van der Waals surface area contributed by atoms with Crippen molar-refractivity contribution in [1.29, 1.82) is 0 Å². The highest BCUT2D eigenvalue weighted by molar-refractivity contribution is 5.09. The second kappa shape index (κ2) is 6.83. The Morgan fingerprint density at radius 1 is 1.44 bits per heavy atom. The van der Waals surface area contributed by atoms with Gasteiger partial charge >= 0.3 is 0 Å². The third kappa shape index (κ3) is 4.72. The molecule has 0 amide bonds. The highest BCUT2D eigenvalue weighted by atomic mass is 16.3. The molecule has 100 valence electrons. The summed E-state index contributed by atoms with van der Waals surface area (Å²) in [6, 6.07) is 4.71. The van der Waals surface area contributed by atoms with E-state index in [1.165, 1.54) is 18.4 Å². The number of nitrogens with zero attached hydrogens (tertiary/aromatic N) is 2. The summed E-state index contributed by atoms with van der Waals surface area (Å²) in [6.07, 6.45) is 5.87. The van der Waals surface area contributed by atoms with Gasteiger partial charge in [0.2, 0.25) is 0 Å². The molecule has 0 spiro atoms. The molecule has 0 aromatic carbocycles. The molecule has 4 nitrogen and oxygen atoms in total. The number of aromatic nitrogens is 1. The topological polar surface area (TPSA) is 48.4 Å².